The third-order valence-corrected chi connectivity index (χ3v) is 6.85. The van der Waals surface area contributed by atoms with E-state index < -0.39 is 9.84 Å². The minimum Gasteiger partial charge on any atom is -0.490 e. The maximum atomic E-state index is 13.0. The van der Waals surface area contributed by atoms with Crippen molar-refractivity contribution in [1.29, 1.82) is 0 Å². The van der Waals surface area contributed by atoms with Crippen molar-refractivity contribution in [3.63, 3.8) is 0 Å². The number of sulfone groups is 1. The summed E-state index contributed by atoms with van der Waals surface area (Å²) >= 11 is 6.08. The highest BCUT2D eigenvalue weighted by Crippen LogP contribution is 2.26. The molecule has 0 N–H and O–H groups in total. The number of amides is 1. The fraction of sp³-hybridized carbons (Fsp3) is 0.611. The van der Waals surface area contributed by atoms with Crippen LogP contribution in [0.3, 0.4) is 0 Å². The Bertz CT molecular complexity index is 773. The van der Waals surface area contributed by atoms with Crippen LogP contribution >= 0.6 is 11.6 Å². The van der Waals surface area contributed by atoms with E-state index in [1.165, 1.54) is 0 Å². The van der Waals surface area contributed by atoms with Gasteiger partial charge in [0.2, 0.25) is 0 Å². The molecular weight excluding hydrogens is 376 g/mol. The minimum absolute atomic E-state index is 0.0381. The molecule has 2 aliphatic rings. The van der Waals surface area contributed by atoms with Crippen LogP contribution in [0.4, 0.5) is 0 Å². The van der Waals surface area contributed by atoms with Gasteiger partial charge in [-0.2, -0.15) is 0 Å². The van der Waals surface area contributed by atoms with E-state index in [2.05, 4.69) is 4.90 Å². The van der Waals surface area contributed by atoms with E-state index in [4.69, 9.17) is 16.3 Å². The predicted octanol–water partition coefficient (Wildman–Crippen LogP) is 2.07. The van der Waals surface area contributed by atoms with Crippen molar-refractivity contribution < 1.29 is 17.9 Å². The van der Waals surface area contributed by atoms with E-state index in [-0.39, 0.29) is 29.6 Å². The maximum absolute atomic E-state index is 13.0. The van der Waals surface area contributed by atoms with Crippen LogP contribution in [-0.4, -0.2) is 74.0 Å². The van der Waals surface area contributed by atoms with Gasteiger partial charge >= 0.3 is 0 Å². The summed E-state index contributed by atoms with van der Waals surface area (Å²) in [4.78, 5) is 16.9. The van der Waals surface area contributed by atoms with Gasteiger partial charge in [0.25, 0.3) is 5.91 Å². The number of piperazine rings is 1. The zero-order valence-electron chi connectivity index (χ0n) is 15.2. The maximum Gasteiger partial charge on any atom is 0.257 e. The highest BCUT2D eigenvalue weighted by Gasteiger charge is 2.34. The van der Waals surface area contributed by atoms with Crippen molar-refractivity contribution >= 4 is 27.3 Å². The number of hydrogen-bond donors (Lipinski definition) is 0. The van der Waals surface area contributed by atoms with Crippen LogP contribution in [0.1, 0.15) is 30.6 Å². The van der Waals surface area contributed by atoms with E-state index in [1.54, 1.807) is 23.1 Å². The van der Waals surface area contributed by atoms with Crippen molar-refractivity contribution in [3.8, 4) is 5.75 Å². The van der Waals surface area contributed by atoms with Gasteiger partial charge in [-0.1, -0.05) is 11.6 Å². The first-order valence-electron chi connectivity index (χ1n) is 8.95. The molecule has 2 aliphatic heterocycles. The van der Waals surface area contributed by atoms with Gasteiger partial charge in [0.1, 0.15) is 5.75 Å². The van der Waals surface area contributed by atoms with E-state index in [9.17, 15) is 13.2 Å². The van der Waals surface area contributed by atoms with Crippen molar-refractivity contribution in [2.24, 2.45) is 0 Å². The Kier molecular flexibility index (Phi) is 5.79. The molecule has 1 unspecified atom stereocenters. The minimum atomic E-state index is -2.89. The third-order valence-electron chi connectivity index (χ3n) is 4.86. The van der Waals surface area contributed by atoms with Crippen molar-refractivity contribution in [2.75, 3.05) is 37.7 Å². The Morgan fingerprint density at radius 2 is 1.92 bits per heavy atom. The van der Waals surface area contributed by atoms with Crippen LogP contribution < -0.4 is 4.74 Å². The molecule has 0 spiro atoms. The molecule has 2 fully saturated rings. The van der Waals surface area contributed by atoms with Crippen LogP contribution in [0.25, 0.3) is 0 Å². The topological polar surface area (TPSA) is 66.9 Å². The summed E-state index contributed by atoms with van der Waals surface area (Å²) < 4.78 is 29.1. The van der Waals surface area contributed by atoms with E-state index >= 15 is 0 Å². The number of benzene rings is 1. The van der Waals surface area contributed by atoms with Crippen LogP contribution in [0.5, 0.6) is 5.75 Å². The Morgan fingerprint density at radius 3 is 2.50 bits per heavy atom. The van der Waals surface area contributed by atoms with Crippen LogP contribution in [0.15, 0.2) is 18.2 Å². The molecule has 6 nitrogen and oxygen atoms in total. The summed E-state index contributed by atoms with van der Waals surface area (Å²) in [7, 11) is -2.89. The van der Waals surface area contributed by atoms with Gasteiger partial charge in [-0.25, -0.2) is 8.42 Å². The molecule has 0 bridgehead atoms. The molecule has 1 amide bonds. The first-order valence-corrected chi connectivity index (χ1v) is 11.1. The van der Waals surface area contributed by atoms with Crippen LogP contribution in [0, 0.1) is 0 Å². The summed E-state index contributed by atoms with van der Waals surface area (Å²) in [5.74, 6) is 0.956. The molecular formula is C18H25ClN2O4S. The molecule has 3 rings (SSSR count). The first kappa shape index (κ1) is 19.5. The fourth-order valence-corrected chi connectivity index (χ4v) is 5.48. The Morgan fingerprint density at radius 1 is 1.23 bits per heavy atom. The number of nitrogens with zero attached hydrogens (tertiary/aromatic N) is 2. The Balaban J connectivity index is 1.66. The second kappa shape index (κ2) is 7.74. The second-order valence-electron chi connectivity index (χ2n) is 7.19. The molecule has 0 aromatic heterocycles. The smallest absolute Gasteiger partial charge is 0.257 e. The van der Waals surface area contributed by atoms with Gasteiger partial charge < -0.3 is 9.64 Å². The number of halogens is 1. The summed E-state index contributed by atoms with van der Waals surface area (Å²) in [6.45, 7) is 6.35. The molecule has 0 radical (unpaired) electrons. The molecule has 2 saturated heterocycles. The third kappa shape index (κ3) is 4.50. The molecule has 0 saturated carbocycles. The second-order valence-corrected chi connectivity index (χ2v) is 9.86. The van der Waals surface area contributed by atoms with Gasteiger partial charge in [0, 0.05) is 37.2 Å². The highest BCUT2D eigenvalue weighted by atomic mass is 35.5. The van der Waals surface area contributed by atoms with Gasteiger partial charge in [0.15, 0.2) is 9.84 Å². The Labute approximate surface area is 160 Å². The molecule has 26 heavy (non-hydrogen) atoms. The largest absolute Gasteiger partial charge is 0.490 e. The van der Waals surface area contributed by atoms with Crippen LogP contribution in [0.2, 0.25) is 5.02 Å². The van der Waals surface area contributed by atoms with E-state index in [1.807, 2.05) is 13.8 Å². The molecule has 144 valence electrons. The summed E-state index contributed by atoms with van der Waals surface area (Å²) in [6.07, 6.45) is 0.653. The number of rotatable bonds is 4. The zero-order valence-corrected chi connectivity index (χ0v) is 16.7. The normalized spacial score (nSPS) is 23.4. The lowest BCUT2D eigenvalue weighted by Crippen LogP contribution is -2.52. The first-order chi connectivity index (χ1) is 12.2. The van der Waals surface area contributed by atoms with Gasteiger partial charge in [0.05, 0.1) is 23.2 Å². The van der Waals surface area contributed by atoms with Gasteiger partial charge in [-0.15, -0.1) is 0 Å². The highest BCUT2D eigenvalue weighted by molar-refractivity contribution is 7.91. The lowest BCUT2D eigenvalue weighted by molar-refractivity contribution is 0.0582. The molecule has 1 atom stereocenters. The van der Waals surface area contributed by atoms with Gasteiger partial charge in [-0.3, -0.25) is 9.69 Å². The molecule has 2 heterocycles. The van der Waals surface area contributed by atoms with Crippen molar-refractivity contribution in [2.45, 2.75) is 32.4 Å². The number of carbonyl (C=O) groups is 1. The summed E-state index contributed by atoms with van der Waals surface area (Å²) in [5, 5.41) is 0.499. The van der Waals surface area contributed by atoms with E-state index in [0.717, 1.165) is 0 Å². The monoisotopic (exact) mass is 400 g/mol. The Hall–Kier alpha value is -1.31. The lowest BCUT2D eigenvalue weighted by atomic mass is 10.1. The zero-order chi connectivity index (χ0) is 18.9. The lowest BCUT2D eigenvalue weighted by Gasteiger charge is -2.37. The van der Waals surface area contributed by atoms with Crippen LogP contribution in [-0.2, 0) is 9.84 Å². The average molecular weight is 401 g/mol. The molecule has 8 heteroatoms. The number of hydrogen-bond acceptors (Lipinski definition) is 5. The number of carbonyl (C=O) groups excluding carboxylic acids is 1. The van der Waals surface area contributed by atoms with Crippen molar-refractivity contribution in [1.82, 2.24) is 9.80 Å². The summed E-state index contributed by atoms with van der Waals surface area (Å²) in [6, 6.07) is 5.18. The average Bonchev–Trinajstić information content (AvgIpc) is 2.95. The quantitative estimate of drug-likeness (QED) is 0.774. The predicted molar refractivity (Wildman–Crippen MR) is 102 cm³/mol. The SMILES string of the molecule is CC(C)Oc1ccc(Cl)cc1C(=O)N1CCN(C2CCS(=O)(=O)C2)CC1. The molecule has 0 aliphatic carbocycles. The standard InChI is InChI=1S/C18H25ClN2O4S/c1-13(2)25-17-4-3-14(19)11-16(17)18(22)21-8-6-20(7-9-21)15-5-10-26(23,24)12-15/h3-4,11,13,15H,5-10,12H2,1-2H3. The summed E-state index contributed by atoms with van der Waals surface area (Å²) in [5.41, 5.74) is 0.475. The van der Waals surface area contributed by atoms with Crippen molar-refractivity contribution in [3.05, 3.63) is 28.8 Å². The molecule has 1 aromatic rings. The number of ether oxygens (including phenoxy) is 1. The van der Waals surface area contributed by atoms with E-state index in [0.29, 0.717) is 48.9 Å². The fourth-order valence-electron chi connectivity index (χ4n) is 3.55. The van der Waals surface area contributed by atoms with Gasteiger partial charge in [-0.05, 0) is 38.5 Å². The molecule has 1 aromatic carbocycles.